The predicted octanol–water partition coefficient (Wildman–Crippen LogP) is 27.5. The lowest BCUT2D eigenvalue weighted by Crippen LogP contribution is -2.63. The first-order chi connectivity index (χ1) is 60.0. The second-order valence-corrected chi connectivity index (χ2v) is 45.2. The number of nitrogens with zero attached hydrogens (tertiary/aromatic N) is 2. The highest BCUT2D eigenvalue weighted by Crippen LogP contribution is 2.49. The van der Waals surface area contributed by atoms with E-state index in [2.05, 4.69) is 252 Å². The molecule has 0 N–H and O–H groups in total. The van der Waals surface area contributed by atoms with Crippen molar-refractivity contribution in [2.45, 2.75) is 370 Å². The average molecular weight is 1780 g/mol. The minimum atomic E-state index is -0.845. The summed E-state index contributed by atoms with van der Waals surface area (Å²) >= 11 is 0. The van der Waals surface area contributed by atoms with Crippen molar-refractivity contribution >= 4 is 36.6 Å². The smallest absolute Gasteiger partial charge is 0.464 e. The first-order valence-electron chi connectivity index (χ1n) is 46.7. The number of likely N-dealkylation sites (tertiary alicyclic amines) is 1. The number of ether oxygens (including phenoxy) is 10. The van der Waals surface area contributed by atoms with Gasteiger partial charge in [0, 0.05) is 125 Å². The first kappa shape index (κ1) is 104. The van der Waals surface area contributed by atoms with Crippen LogP contribution in [0.25, 0.3) is 0 Å². The zero-order valence-corrected chi connectivity index (χ0v) is 84.4. The zero-order chi connectivity index (χ0) is 96.6. The number of esters is 2. The van der Waals surface area contributed by atoms with Gasteiger partial charge in [-0.05, 0) is 216 Å². The number of rotatable bonds is 29. The summed E-state index contributed by atoms with van der Waals surface area (Å²) in [6.45, 7) is 63.8. The van der Waals surface area contributed by atoms with Gasteiger partial charge in [-0.3, -0.25) is 19.4 Å². The molecule has 1 fully saturated rings. The van der Waals surface area contributed by atoms with Crippen molar-refractivity contribution in [1.82, 2.24) is 9.80 Å². The molecule has 1 aliphatic heterocycles. The van der Waals surface area contributed by atoms with Crippen molar-refractivity contribution < 1.29 is 76.1 Å². The summed E-state index contributed by atoms with van der Waals surface area (Å²) in [6.07, 6.45) is 7.32. The third kappa shape index (κ3) is 29.2. The number of hydrogen-bond acceptors (Lipinski definition) is 18. The van der Waals surface area contributed by atoms with E-state index in [1.807, 2.05) is 111 Å². The molecule has 706 valence electrons. The minimum Gasteiger partial charge on any atom is -0.464 e. The normalized spacial score (nSPS) is 15.7. The van der Waals surface area contributed by atoms with Gasteiger partial charge in [0.2, 0.25) is 0 Å². The van der Waals surface area contributed by atoms with Gasteiger partial charge in [0.1, 0.15) is 58.1 Å². The Morgan fingerprint density at radius 2 is 0.762 bits per heavy atom. The van der Waals surface area contributed by atoms with E-state index in [4.69, 9.17) is 47.4 Å². The van der Waals surface area contributed by atoms with Gasteiger partial charge in [0.05, 0.1) is 0 Å². The molecule has 1 heterocycles. The molecule has 4 atom stereocenters. The highest BCUT2D eigenvalue weighted by Gasteiger charge is 2.47. The molecule has 4 unspecified atom stereocenters. The second-order valence-electron chi connectivity index (χ2n) is 45.2. The molecule has 7 aromatic rings. The van der Waals surface area contributed by atoms with Crippen LogP contribution in [0.5, 0.6) is 23.0 Å². The van der Waals surface area contributed by atoms with Gasteiger partial charge in [-0.1, -0.05) is 261 Å². The fourth-order valence-corrected chi connectivity index (χ4v) is 18.0. The van der Waals surface area contributed by atoms with Crippen LogP contribution >= 0.6 is 0 Å². The molecule has 9 rings (SSSR count). The summed E-state index contributed by atoms with van der Waals surface area (Å²) in [5, 5.41) is 0. The Bertz CT molecular complexity index is 5070. The molecule has 0 aromatic heterocycles. The van der Waals surface area contributed by atoms with Crippen LogP contribution in [0.4, 0.5) is 19.2 Å². The van der Waals surface area contributed by atoms with Crippen molar-refractivity contribution in [2.75, 3.05) is 20.2 Å². The predicted molar refractivity (Wildman–Crippen MR) is 520 cm³/mol. The van der Waals surface area contributed by atoms with E-state index in [-0.39, 0.29) is 61.2 Å². The molecule has 18 nitrogen and oxygen atoms in total. The Kier molecular flexibility index (Phi) is 33.0. The van der Waals surface area contributed by atoms with Gasteiger partial charge in [-0.15, -0.1) is 0 Å². The minimum absolute atomic E-state index is 0.0983. The highest BCUT2D eigenvalue weighted by atomic mass is 16.8. The quantitative estimate of drug-likeness (QED) is 0.0243. The average Bonchev–Trinajstić information content (AvgIpc) is 0.792. The Labute approximate surface area is 778 Å². The molecule has 7 aromatic carbocycles. The third-order valence-corrected chi connectivity index (χ3v) is 24.3. The van der Waals surface area contributed by atoms with Crippen molar-refractivity contribution in [3.63, 3.8) is 0 Å². The monoisotopic (exact) mass is 1780 g/mol. The van der Waals surface area contributed by atoms with Crippen molar-refractivity contribution in [2.24, 2.45) is 0 Å². The van der Waals surface area contributed by atoms with Crippen molar-refractivity contribution in [1.29, 1.82) is 0 Å². The summed E-state index contributed by atoms with van der Waals surface area (Å²) in [4.78, 5) is 88.1. The molecule has 1 saturated heterocycles. The van der Waals surface area contributed by atoms with E-state index in [1.54, 1.807) is 20.8 Å². The maximum Gasteiger partial charge on any atom is 0.514 e. The molecule has 2 aliphatic rings. The van der Waals surface area contributed by atoms with Crippen LogP contribution in [0, 0.1) is 0 Å². The summed E-state index contributed by atoms with van der Waals surface area (Å²) in [7, 11) is 2.12. The van der Waals surface area contributed by atoms with Crippen LogP contribution in [0.3, 0.4) is 0 Å². The van der Waals surface area contributed by atoms with Gasteiger partial charge in [-0.2, -0.15) is 0 Å². The Morgan fingerprint density at radius 3 is 1.12 bits per heavy atom. The van der Waals surface area contributed by atoms with Crippen LogP contribution in [-0.4, -0.2) is 106 Å². The maximum absolute atomic E-state index is 14.4. The summed E-state index contributed by atoms with van der Waals surface area (Å²) in [5.41, 5.74) is 9.74. The number of hydrogen-bond donors (Lipinski definition) is 0. The fraction of sp³-hybridized carbons (Fsp3) is 0.536. The van der Waals surface area contributed by atoms with Crippen LogP contribution in [0.2, 0.25) is 0 Å². The fourth-order valence-electron chi connectivity index (χ4n) is 18.0. The Hall–Kier alpha value is -10.0. The SMILES string of the molecule is CC(C1=CC=CCC1)c1cc(CN(C)Cc2cc(C(C)c3ccccc3)c(OC(=O)OC(C)(C)C)c(C(C)c3ccccc3)c2)cc(C(C)c2ccc(CC(C)(C)c3cc(CCC(=O)OC4CC(C)(C)N(CCOC(=O)CCc5cc(C(C)(C)C)c(OC(=O)OC(C)(C)C)c(C(C)(C)C)c5)C(C)(C)C4)cc(C(C)(C)C)c3OC(=O)OC(C)(C)C)cc2)c1OC(=O)OC(C)(C)C. The number of carbonyl (C=O) groups is 6. The molecule has 0 saturated carbocycles. The van der Waals surface area contributed by atoms with Crippen LogP contribution < -0.4 is 18.9 Å². The van der Waals surface area contributed by atoms with E-state index in [1.165, 1.54) is 5.57 Å². The van der Waals surface area contributed by atoms with E-state index in [0.717, 1.165) is 102 Å². The first-order valence-corrected chi connectivity index (χ1v) is 46.7. The van der Waals surface area contributed by atoms with E-state index >= 15 is 0 Å². The standard InChI is InChI=1S/C112H152N2O16/c1-71(80-42-36-33-37-43-80)85-58-78(59-86(72(2)81-44-38-34-39-45-81)95(85)123-99(117)127-106(14,15)16)69-113(32)70-79-60-87(73(3)82-46-40-35-41-47-82)96(124-100(118)128-107(17,18)19)88(61-79)74(4)83-52-48-75(49-53-83)66-110(26,27)92-65-77(64-91(105(11,12)13)98(92)126-102(120)130-109(23,24)25)51-55-94(116)122-84-67-111(28,29)114(112(30,31)68-84)56-57-121-93(115)54-50-76-62-89(103(5,6)7)97(90(63-76)104(8,9)10)125-101(119)129-108(20,21)22/h33-40,42-46,48-49,52-53,58-65,71-74,84H,41,47,50-51,54-57,66-70H2,1-32H3. The zero-order valence-electron chi connectivity index (χ0n) is 84.4. The van der Waals surface area contributed by atoms with Gasteiger partial charge in [0.25, 0.3) is 0 Å². The Morgan fingerprint density at radius 1 is 0.415 bits per heavy atom. The lowest BCUT2D eigenvalue weighted by atomic mass is 9.74. The highest BCUT2D eigenvalue weighted by molar-refractivity contribution is 5.73. The van der Waals surface area contributed by atoms with Crippen molar-refractivity contribution in [3.8, 4) is 23.0 Å². The molecule has 130 heavy (non-hydrogen) atoms. The molecule has 18 heteroatoms. The lowest BCUT2D eigenvalue weighted by Gasteiger charge is -2.54. The summed E-state index contributed by atoms with van der Waals surface area (Å²) < 4.78 is 61.2. The molecule has 0 bridgehead atoms. The van der Waals surface area contributed by atoms with Gasteiger partial charge < -0.3 is 47.4 Å². The number of allylic oxidation sites excluding steroid dienone is 4. The topological polar surface area (TPSA) is 201 Å². The van der Waals surface area contributed by atoms with Crippen LogP contribution in [0.1, 0.15) is 366 Å². The molecule has 1 aliphatic carbocycles. The lowest BCUT2D eigenvalue weighted by molar-refractivity contribution is -0.163. The molecular formula is C112H152N2O16. The molecule has 0 radical (unpaired) electrons. The number of piperidine rings is 1. The molecule has 0 spiro atoms. The summed E-state index contributed by atoms with van der Waals surface area (Å²) in [6, 6.07) is 46.0. The second kappa shape index (κ2) is 41.4. The van der Waals surface area contributed by atoms with Crippen LogP contribution in [-0.2, 0) is 92.0 Å². The van der Waals surface area contributed by atoms with Crippen molar-refractivity contribution in [3.05, 3.63) is 246 Å². The van der Waals surface area contributed by atoms with Gasteiger partial charge in [-0.25, -0.2) is 19.2 Å². The van der Waals surface area contributed by atoms with Crippen LogP contribution in [0.15, 0.2) is 157 Å². The van der Waals surface area contributed by atoms with E-state index < -0.39 is 79.8 Å². The van der Waals surface area contributed by atoms with E-state index in [9.17, 15) is 28.8 Å². The largest absolute Gasteiger partial charge is 0.514 e. The summed E-state index contributed by atoms with van der Waals surface area (Å²) in [5.74, 6) is 0.361. The maximum atomic E-state index is 14.4. The number of aryl methyl sites for hydroxylation is 2. The molecular weight excluding hydrogens is 1630 g/mol. The van der Waals surface area contributed by atoms with Gasteiger partial charge >= 0.3 is 36.6 Å². The number of carbonyl (C=O) groups excluding carboxylic acids is 6. The Balaban J connectivity index is 0.974. The molecule has 0 amide bonds. The van der Waals surface area contributed by atoms with Gasteiger partial charge in [0.15, 0.2) is 0 Å². The third-order valence-electron chi connectivity index (χ3n) is 24.3. The van der Waals surface area contributed by atoms with E-state index in [0.29, 0.717) is 74.7 Å². The number of benzene rings is 7.